The van der Waals surface area contributed by atoms with E-state index < -0.39 is 0 Å². The van der Waals surface area contributed by atoms with Crippen molar-refractivity contribution in [2.45, 2.75) is 58.0 Å². The van der Waals surface area contributed by atoms with Gasteiger partial charge < -0.3 is 5.32 Å². The molecule has 0 aliphatic carbocycles. The van der Waals surface area contributed by atoms with Gasteiger partial charge in [0.25, 0.3) is 0 Å². The molecule has 0 aromatic carbocycles. The van der Waals surface area contributed by atoms with E-state index >= 15 is 0 Å². The van der Waals surface area contributed by atoms with Crippen LogP contribution >= 0.6 is 36.2 Å². The number of hydrogen-bond donors (Lipinski definition) is 1. The summed E-state index contributed by atoms with van der Waals surface area (Å²) >= 11 is 1.81. The molecule has 1 saturated heterocycles. The minimum atomic E-state index is 0. The fourth-order valence-electron chi connectivity index (χ4n) is 2.51. The van der Waals surface area contributed by atoms with Crippen molar-refractivity contribution in [1.29, 1.82) is 0 Å². The Balaban J connectivity index is 0.00000200. The average molecular weight is 354 g/mol. The van der Waals surface area contributed by atoms with Gasteiger partial charge >= 0.3 is 0 Å². The predicted octanol–water partition coefficient (Wildman–Crippen LogP) is 3.86. The van der Waals surface area contributed by atoms with Crippen LogP contribution in [-0.2, 0) is 12.0 Å². The summed E-state index contributed by atoms with van der Waals surface area (Å²) < 4.78 is 0. The fraction of sp³-hybridized carbons (Fsp3) is 0.800. The Bertz CT molecular complexity index is 396. The second-order valence-corrected chi connectivity index (χ2v) is 7.57. The van der Waals surface area contributed by atoms with Crippen LogP contribution in [0, 0.1) is 0 Å². The van der Waals surface area contributed by atoms with E-state index in [1.807, 2.05) is 0 Å². The Labute approximate surface area is 145 Å². The molecule has 1 aromatic heterocycles. The van der Waals surface area contributed by atoms with Gasteiger partial charge in [-0.05, 0) is 39.4 Å². The van der Waals surface area contributed by atoms with Crippen molar-refractivity contribution in [1.82, 2.24) is 15.2 Å². The molecule has 1 atom stereocenters. The van der Waals surface area contributed by atoms with Gasteiger partial charge in [-0.2, -0.15) is 0 Å². The van der Waals surface area contributed by atoms with E-state index in [1.165, 1.54) is 36.5 Å². The molecule has 1 aromatic rings. The zero-order chi connectivity index (χ0) is 13.9. The summed E-state index contributed by atoms with van der Waals surface area (Å²) in [6.45, 7) is 10.0. The second-order valence-electron chi connectivity index (χ2n) is 6.63. The summed E-state index contributed by atoms with van der Waals surface area (Å²) in [6.07, 6.45) is 3.86. The largest absolute Gasteiger partial charge is 0.317 e. The molecule has 0 radical (unpaired) electrons. The molecule has 1 aliphatic heterocycles. The molecule has 0 spiro atoms. The SMILES string of the molecule is CN(Cc1nc(C(C)(C)C)cs1)C1CCCNCC1.Cl.Cl. The quantitative estimate of drug-likeness (QED) is 0.893. The molecular formula is C15H29Cl2N3S. The van der Waals surface area contributed by atoms with Gasteiger partial charge in [0.15, 0.2) is 0 Å². The van der Waals surface area contributed by atoms with E-state index in [2.05, 4.69) is 43.4 Å². The highest BCUT2D eigenvalue weighted by atomic mass is 35.5. The first-order valence-electron chi connectivity index (χ1n) is 7.32. The maximum atomic E-state index is 4.80. The van der Waals surface area contributed by atoms with Crippen LogP contribution in [0.25, 0.3) is 0 Å². The lowest BCUT2D eigenvalue weighted by Gasteiger charge is -2.25. The second kappa shape index (κ2) is 9.31. The van der Waals surface area contributed by atoms with E-state index in [0.29, 0.717) is 6.04 Å². The number of aromatic nitrogens is 1. The van der Waals surface area contributed by atoms with Gasteiger partial charge in [-0.15, -0.1) is 36.2 Å². The minimum absolute atomic E-state index is 0. The molecule has 1 N–H and O–H groups in total. The first-order chi connectivity index (χ1) is 8.97. The summed E-state index contributed by atoms with van der Waals surface area (Å²) in [4.78, 5) is 7.29. The molecule has 124 valence electrons. The van der Waals surface area contributed by atoms with Gasteiger partial charge in [0.05, 0.1) is 12.2 Å². The number of thiazole rings is 1. The van der Waals surface area contributed by atoms with Crippen LogP contribution in [0.5, 0.6) is 0 Å². The zero-order valence-corrected chi connectivity index (χ0v) is 16.0. The van der Waals surface area contributed by atoms with Crippen LogP contribution in [-0.4, -0.2) is 36.1 Å². The lowest BCUT2D eigenvalue weighted by atomic mass is 9.93. The molecule has 21 heavy (non-hydrogen) atoms. The maximum Gasteiger partial charge on any atom is 0.107 e. The zero-order valence-electron chi connectivity index (χ0n) is 13.5. The molecule has 0 bridgehead atoms. The van der Waals surface area contributed by atoms with Gasteiger partial charge in [-0.1, -0.05) is 20.8 Å². The monoisotopic (exact) mass is 353 g/mol. The lowest BCUT2D eigenvalue weighted by Crippen LogP contribution is -2.32. The Morgan fingerprint density at radius 2 is 2.00 bits per heavy atom. The number of nitrogens with one attached hydrogen (secondary N) is 1. The van der Waals surface area contributed by atoms with Crippen molar-refractivity contribution in [3.05, 3.63) is 16.1 Å². The van der Waals surface area contributed by atoms with Crippen molar-refractivity contribution in [3.63, 3.8) is 0 Å². The Morgan fingerprint density at radius 1 is 1.29 bits per heavy atom. The van der Waals surface area contributed by atoms with E-state index in [1.54, 1.807) is 11.3 Å². The minimum Gasteiger partial charge on any atom is -0.317 e. The number of rotatable bonds is 3. The van der Waals surface area contributed by atoms with Crippen LogP contribution < -0.4 is 5.32 Å². The standard InChI is InChI=1S/C15H27N3S.2ClH/c1-15(2,3)13-11-19-14(17-13)10-18(4)12-6-5-8-16-9-7-12;;/h11-12,16H,5-10H2,1-4H3;2*1H. The molecule has 0 amide bonds. The third-order valence-electron chi connectivity index (χ3n) is 3.87. The summed E-state index contributed by atoms with van der Waals surface area (Å²) in [6, 6.07) is 0.706. The summed E-state index contributed by atoms with van der Waals surface area (Å²) in [7, 11) is 2.24. The van der Waals surface area contributed by atoms with Gasteiger partial charge in [0, 0.05) is 16.8 Å². The summed E-state index contributed by atoms with van der Waals surface area (Å²) in [5.41, 5.74) is 1.39. The lowest BCUT2D eigenvalue weighted by molar-refractivity contribution is 0.216. The predicted molar refractivity (Wildman–Crippen MR) is 97.3 cm³/mol. The first kappa shape index (κ1) is 21.1. The van der Waals surface area contributed by atoms with Crippen molar-refractivity contribution in [2.24, 2.45) is 0 Å². The number of hydrogen-bond acceptors (Lipinski definition) is 4. The van der Waals surface area contributed by atoms with E-state index in [9.17, 15) is 0 Å². The van der Waals surface area contributed by atoms with Crippen LogP contribution in [0.3, 0.4) is 0 Å². The van der Waals surface area contributed by atoms with Crippen molar-refractivity contribution < 1.29 is 0 Å². The summed E-state index contributed by atoms with van der Waals surface area (Å²) in [5, 5.41) is 6.95. The van der Waals surface area contributed by atoms with Gasteiger partial charge in [-0.3, -0.25) is 4.90 Å². The smallest absolute Gasteiger partial charge is 0.107 e. The Kier molecular flexibility index (Phi) is 9.37. The Morgan fingerprint density at radius 3 is 2.62 bits per heavy atom. The molecular weight excluding hydrogens is 325 g/mol. The van der Waals surface area contributed by atoms with Crippen molar-refractivity contribution in [3.8, 4) is 0 Å². The molecule has 1 aliphatic rings. The van der Waals surface area contributed by atoms with E-state index in [0.717, 1.165) is 13.1 Å². The molecule has 2 heterocycles. The van der Waals surface area contributed by atoms with Gasteiger partial charge in [0.1, 0.15) is 5.01 Å². The Hall–Kier alpha value is 0.130. The van der Waals surface area contributed by atoms with E-state index in [-0.39, 0.29) is 30.2 Å². The average Bonchev–Trinajstić information content (AvgIpc) is 2.63. The molecule has 1 unspecified atom stereocenters. The fourth-order valence-corrected chi connectivity index (χ4v) is 3.60. The number of halogens is 2. The normalized spacial score (nSPS) is 19.6. The van der Waals surface area contributed by atoms with Gasteiger partial charge in [-0.25, -0.2) is 4.98 Å². The highest BCUT2D eigenvalue weighted by Crippen LogP contribution is 2.25. The third kappa shape index (κ3) is 6.41. The summed E-state index contributed by atoms with van der Waals surface area (Å²) in [5.74, 6) is 0. The molecule has 0 saturated carbocycles. The van der Waals surface area contributed by atoms with E-state index in [4.69, 9.17) is 4.98 Å². The maximum absolute atomic E-state index is 4.80. The topological polar surface area (TPSA) is 28.2 Å². The van der Waals surface area contributed by atoms with Crippen LogP contribution in [0.1, 0.15) is 50.7 Å². The van der Waals surface area contributed by atoms with Crippen LogP contribution in [0.2, 0.25) is 0 Å². The molecule has 3 nitrogen and oxygen atoms in total. The third-order valence-corrected chi connectivity index (χ3v) is 4.71. The highest BCUT2D eigenvalue weighted by molar-refractivity contribution is 7.09. The first-order valence-corrected chi connectivity index (χ1v) is 8.20. The number of nitrogens with zero attached hydrogens (tertiary/aromatic N) is 2. The molecule has 6 heteroatoms. The molecule has 2 rings (SSSR count). The van der Waals surface area contributed by atoms with Crippen molar-refractivity contribution in [2.75, 3.05) is 20.1 Å². The van der Waals surface area contributed by atoms with Crippen molar-refractivity contribution >= 4 is 36.2 Å². The molecule has 1 fully saturated rings. The van der Waals surface area contributed by atoms with Crippen LogP contribution in [0.15, 0.2) is 5.38 Å². The highest BCUT2D eigenvalue weighted by Gasteiger charge is 2.20. The van der Waals surface area contributed by atoms with Crippen LogP contribution in [0.4, 0.5) is 0 Å². The van der Waals surface area contributed by atoms with Gasteiger partial charge in [0.2, 0.25) is 0 Å².